The second-order valence-electron chi connectivity index (χ2n) is 8.03. The summed E-state index contributed by atoms with van der Waals surface area (Å²) in [4.78, 5) is 13.2. The number of benzene rings is 3. The molecule has 6 nitrogen and oxygen atoms in total. The minimum absolute atomic E-state index is 0.0867. The molecule has 0 saturated heterocycles. The molecule has 3 aromatic carbocycles. The first-order valence-electron chi connectivity index (χ1n) is 10.9. The van der Waals surface area contributed by atoms with E-state index < -0.39 is 22.5 Å². The Kier molecular flexibility index (Phi) is 8.23. The highest BCUT2D eigenvalue weighted by Crippen LogP contribution is 2.31. The molecule has 0 aliphatic heterocycles. The minimum Gasteiger partial charge on any atom is -0.496 e. The van der Waals surface area contributed by atoms with Crippen LogP contribution >= 0.6 is 11.6 Å². The van der Waals surface area contributed by atoms with Gasteiger partial charge in [0.05, 0.1) is 28.8 Å². The van der Waals surface area contributed by atoms with Crippen molar-refractivity contribution < 1.29 is 17.9 Å². The first-order chi connectivity index (χ1) is 16.2. The molecule has 1 amide bonds. The van der Waals surface area contributed by atoms with E-state index in [0.29, 0.717) is 6.42 Å². The number of carbonyl (C=O) groups excluding carboxylic acids is 1. The Morgan fingerprint density at radius 1 is 1.06 bits per heavy atom. The number of methoxy groups -OCH3 is 1. The molecular formula is C26H29ClN2O4S. The Morgan fingerprint density at radius 2 is 1.74 bits per heavy atom. The maximum atomic E-state index is 13.5. The molecule has 0 radical (unpaired) electrons. The molecule has 0 bridgehead atoms. The topological polar surface area (TPSA) is 75.7 Å². The SMILES string of the molecule is CCC(NC(=O)CN(c1ccccc1Cl)S(=O)(=O)c1ccc(C)cc1)c1ccc(OC)c(C)c1. The molecule has 0 spiro atoms. The van der Waals surface area contributed by atoms with Gasteiger partial charge in [-0.3, -0.25) is 9.10 Å². The Labute approximate surface area is 206 Å². The van der Waals surface area contributed by atoms with E-state index in [1.807, 2.05) is 39.0 Å². The number of sulfonamides is 1. The zero-order chi connectivity index (χ0) is 24.9. The summed E-state index contributed by atoms with van der Waals surface area (Å²) in [5.41, 5.74) is 3.04. The van der Waals surface area contributed by atoms with E-state index in [-0.39, 0.29) is 21.6 Å². The molecule has 0 aliphatic carbocycles. The fourth-order valence-corrected chi connectivity index (χ4v) is 5.43. The number of para-hydroxylation sites is 1. The molecule has 8 heteroatoms. The predicted molar refractivity (Wildman–Crippen MR) is 136 cm³/mol. The molecule has 3 rings (SSSR count). The number of halogens is 1. The standard InChI is InChI=1S/C26H29ClN2O4S/c1-5-23(20-12-15-25(33-4)19(3)16-20)28-26(30)17-29(24-9-7-6-8-22(24)27)34(31,32)21-13-10-18(2)11-14-21/h6-16,23H,5,17H2,1-4H3,(H,28,30). The lowest BCUT2D eigenvalue weighted by Gasteiger charge is -2.26. The van der Waals surface area contributed by atoms with Gasteiger partial charge in [0.1, 0.15) is 12.3 Å². The second kappa shape index (κ2) is 10.9. The van der Waals surface area contributed by atoms with Gasteiger partial charge in [-0.25, -0.2) is 8.42 Å². The number of amides is 1. The van der Waals surface area contributed by atoms with Gasteiger partial charge in [0.15, 0.2) is 0 Å². The third-order valence-corrected chi connectivity index (χ3v) is 7.68. The van der Waals surface area contributed by atoms with E-state index >= 15 is 0 Å². The summed E-state index contributed by atoms with van der Waals surface area (Å²) in [6, 6.07) is 18.5. The molecule has 0 saturated carbocycles. The Balaban J connectivity index is 1.91. The number of anilines is 1. The van der Waals surface area contributed by atoms with E-state index in [2.05, 4.69) is 5.32 Å². The maximum absolute atomic E-state index is 13.5. The van der Waals surface area contributed by atoms with Gasteiger partial charge in [-0.2, -0.15) is 0 Å². The van der Waals surface area contributed by atoms with E-state index in [9.17, 15) is 13.2 Å². The maximum Gasteiger partial charge on any atom is 0.264 e. The van der Waals surface area contributed by atoms with Crippen molar-refractivity contribution in [2.45, 2.75) is 38.1 Å². The average molecular weight is 501 g/mol. The summed E-state index contributed by atoms with van der Waals surface area (Å²) in [5, 5.41) is 3.21. The summed E-state index contributed by atoms with van der Waals surface area (Å²) < 4.78 is 33.5. The molecule has 34 heavy (non-hydrogen) atoms. The van der Waals surface area contributed by atoms with Crippen molar-refractivity contribution in [3.05, 3.63) is 88.4 Å². The van der Waals surface area contributed by atoms with Gasteiger partial charge in [0.25, 0.3) is 10.0 Å². The molecule has 1 unspecified atom stereocenters. The van der Waals surface area contributed by atoms with Gasteiger partial charge in [-0.1, -0.05) is 60.5 Å². The fraction of sp³-hybridized carbons (Fsp3) is 0.269. The summed E-state index contributed by atoms with van der Waals surface area (Å²) in [7, 11) is -2.43. The number of ether oxygens (including phenoxy) is 1. The zero-order valence-corrected chi connectivity index (χ0v) is 21.3. The van der Waals surface area contributed by atoms with E-state index in [1.54, 1.807) is 43.5 Å². The molecule has 0 aliphatic rings. The van der Waals surface area contributed by atoms with Crippen molar-refractivity contribution >= 4 is 33.2 Å². The van der Waals surface area contributed by atoms with E-state index in [0.717, 1.165) is 26.7 Å². The van der Waals surface area contributed by atoms with E-state index in [4.69, 9.17) is 16.3 Å². The summed E-state index contributed by atoms with van der Waals surface area (Å²) in [5.74, 6) is 0.329. The van der Waals surface area contributed by atoms with Crippen LogP contribution < -0.4 is 14.4 Å². The zero-order valence-electron chi connectivity index (χ0n) is 19.7. The number of nitrogens with one attached hydrogen (secondary N) is 1. The lowest BCUT2D eigenvalue weighted by atomic mass is 10.0. The van der Waals surface area contributed by atoms with Crippen LogP contribution in [0.25, 0.3) is 0 Å². The largest absolute Gasteiger partial charge is 0.496 e. The van der Waals surface area contributed by atoms with Gasteiger partial charge in [-0.15, -0.1) is 0 Å². The van der Waals surface area contributed by atoms with Gasteiger partial charge in [0.2, 0.25) is 5.91 Å². The van der Waals surface area contributed by atoms with Crippen LogP contribution in [0.2, 0.25) is 5.02 Å². The molecule has 0 aromatic heterocycles. The average Bonchev–Trinajstić information content (AvgIpc) is 2.81. The lowest BCUT2D eigenvalue weighted by Crippen LogP contribution is -2.42. The van der Waals surface area contributed by atoms with E-state index in [1.165, 1.54) is 12.1 Å². The van der Waals surface area contributed by atoms with Crippen molar-refractivity contribution in [1.82, 2.24) is 5.32 Å². The van der Waals surface area contributed by atoms with Crippen LogP contribution in [0.5, 0.6) is 5.75 Å². The molecular weight excluding hydrogens is 472 g/mol. The molecule has 0 fully saturated rings. The van der Waals surface area contributed by atoms with Gasteiger partial charge < -0.3 is 10.1 Å². The smallest absolute Gasteiger partial charge is 0.264 e. The summed E-state index contributed by atoms with van der Waals surface area (Å²) in [6.45, 7) is 5.36. The van der Waals surface area contributed by atoms with Crippen LogP contribution in [0, 0.1) is 13.8 Å². The van der Waals surface area contributed by atoms with Crippen LogP contribution in [0.3, 0.4) is 0 Å². The fourth-order valence-electron chi connectivity index (χ4n) is 3.70. The van der Waals surface area contributed by atoms with Crippen molar-refractivity contribution in [3.63, 3.8) is 0 Å². The highest BCUT2D eigenvalue weighted by atomic mass is 35.5. The predicted octanol–water partition coefficient (Wildman–Crippen LogP) is 5.43. The van der Waals surface area contributed by atoms with Crippen molar-refractivity contribution in [3.8, 4) is 5.75 Å². The summed E-state index contributed by atoms with van der Waals surface area (Å²) in [6.07, 6.45) is 0.633. The van der Waals surface area contributed by atoms with Crippen LogP contribution in [0.4, 0.5) is 5.69 Å². The lowest BCUT2D eigenvalue weighted by molar-refractivity contribution is -0.120. The molecule has 1 N–H and O–H groups in total. The number of nitrogens with zero attached hydrogens (tertiary/aromatic N) is 1. The van der Waals surface area contributed by atoms with Crippen molar-refractivity contribution in [2.75, 3.05) is 18.0 Å². The molecule has 180 valence electrons. The first kappa shape index (κ1) is 25.6. The van der Waals surface area contributed by atoms with Crippen molar-refractivity contribution in [2.24, 2.45) is 0 Å². The Bertz CT molecular complexity index is 1260. The van der Waals surface area contributed by atoms with Gasteiger partial charge >= 0.3 is 0 Å². The number of aryl methyl sites for hydroxylation is 2. The van der Waals surface area contributed by atoms with Crippen LogP contribution in [0.1, 0.15) is 36.1 Å². The van der Waals surface area contributed by atoms with Crippen LogP contribution in [-0.4, -0.2) is 28.0 Å². The van der Waals surface area contributed by atoms with Gasteiger partial charge in [0, 0.05) is 0 Å². The third kappa shape index (κ3) is 5.72. The Hall–Kier alpha value is -3.03. The number of hydrogen-bond acceptors (Lipinski definition) is 4. The number of carbonyl (C=O) groups is 1. The first-order valence-corrected chi connectivity index (χ1v) is 12.8. The minimum atomic E-state index is -4.04. The van der Waals surface area contributed by atoms with Gasteiger partial charge in [-0.05, 0) is 61.7 Å². The van der Waals surface area contributed by atoms with Crippen LogP contribution in [0.15, 0.2) is 71.6 Å². The molecule has 3 aromatic rings. The molecule has 0 heterocycles. The summed E-state index contributed by atoms with van der Waals surface area (Å²) >= 11 is 6.35. The Morgan fingerprint density at radius 3 is 2.32 bits per heavy atom. The number of rotatable bonds is 9. The number of hydrogen-bond donors (Lipinski definition) is 1. The third-order valence-electron chi connectivity index (χ3n) is 5.58. The highest BCUT2D eigenvalue weighted by Gasteiger charge is 2.29. The van der Waals surface area contributed by atoms with Crippen molar-refractivity contribution in [1.29, 1.82) is 0 Å². The monoisotopic (exact) mass is 500 g/mol. The highest BCUT2D eigenvalue weighted by molar-refractivity contribution is 7.92. The normalized spacial score (nSPS) is 12.1. The second-order valence-corrected chi connectivity index (χ2v) is 10.3. The quantitative estimate of drug-likeness (QED) is 0.425. The molecule has 1 atom stereocenters. The van der Waals surface area contributed by atoms with Crippen LogP contribution in [-0.2, 0) is 14.8 Å².